The third-order valence-electron chi connectivity index (χ3n) is 3.73. The topological polar surface area (TPSA) is 18.5 Å². The van der Waals surface area contributed by atoms with Crippen molar-refractivity contribution in [2.75, 3.05) is 0 Å². The minimum absolute atomic E-state index is 0.0568. The van der Waals surface area contributed by atoms with E-state index in [-0.39, 0.29) is 5.56 Å². The summed E-state index contributed by atoms with van der Waals surface area (Å²) < 4.78 is 51.4. The lowest BCUT2D eigenvalue weighted by Gasteiger charge is -2.32. The molecule has 1 saturated heterocycles. The summed E-state index contributed by atoms with van der Waals surface area (Å²) in [5, 5.41) is 0. The molecular weight excluding hydrogens is 268 g/mol. The lowest BCUT2D eigenvalue weighted by atomic mass is 9.87. The van der Waals surface area contributed by atoms with E-state index in [0.29, 0.717) is 6.07 Å². The van der Waals surface area contributed by atoms with E-state index in [1.54, 1.807) is 27.7 Å². The zero-order chi connectivity index (χ0) is 15.1. The van der Waals surface area contributed by atoms with Crippen LogP contribution in [0, 0.1) is 11.6 Å². The van der Waals surface area contributed by atoms with Gasteiger partial charge >= 0.3 is 7.12 Å². The summed E-state index contributed by atoms with van der Waals surface area (Å²) in [6.07, 6.45) is 0.955. The van der Waals surface area contributed by atoms with E-state index in [4.69, 9.17) is 9.31 Å². The average molecular weight is 284 g/mol. The maximum absolute atomic E-state index is 14.1. The van der Waals surface area contributed by atoms with Gasteiger partial charge in [0.1, 0.15) is 17.4 Å². The second kappa shape index (κ2) is 4.93. The highest BCUT2D eigenvalue weighted by Crippen LogP contribution is 2.39. The van der Waals surface area contributed by atoms with Gasteiger partial charge in [-0.3, -0.25) is 0 Å². The molecule has 1 fully saturated rings. The third kappa shape index (κ3) is 2.76. The number of benzene rings is 1. The molecule has 6 heteroatoms. The molecule has 0 radical (unpaired) electrons. The van der Waals surface area contributed by atoms with Crippen molar-refractivity contribution in [3.05, 3.63) is 41.1 Å². The van der Waals surface area contributed by atoms with Crippen molar-refractivity contribution in [2.24, 2.45) is 0 Å². The number of halogens is 3. The predicted octanol–water partition coefficient (Wildman–Crippen LogP) is 3.91. The highest BCUT2D eigenvalue weighted by molar-refractivity contribution is 6.54. The molecule has 0 saturated carbocycles. The molecule has 20 heavy (non-hydrogen) atoms. The lowest BCUT2D eigenvalue weighted by Crippen LogP contribution is -2.41. The van der Waals surface area contributed by atoms with Gasteiger partial charge in [0.15, 0.2) is 0 Å². The Morgan fingerprint density at radius 1 is 1.10 bits per heavy atom. The molecule has 1 heterocycles. The smallest absolute Gasteiger partial charge is 0.398 e. The fourth-order valence-electron chi connectivity index (χ4n) is 1.79. The van der Waals surface area contributed by atoms with Gasteiger partial charge in [0.25, 0.3) is 0 Å². The first-order chi connectivity index (χ1) is 9.12. The molecule has 1 aliphatic rings. The van der Waals surface area contributed by atoms with Crippen LogP contribution in [0.1, 0.15) is 33.3 Å². The molecule has 1 aromatic carbocycles. The van der Waals surface area contributed by atoms with E-state index in [9.17, 15) is 13.2 Å². The van der Waals surface area contributed by atoms with Crippen molar-refractivity contribution >= 4 is 13.2 Å². The summed E-state index contributed by atoms with van der Waals surface area (Å²) in [5.41, 5.74) is -2.17. The Labute approximate surface area is 116 Å². The summed E-state index contributed by atoms with van der Waals surface area (Å²) in [7, 11) is -1.19. The molecule has 0 aliphatic carbocycles. The van der Waals surface area contributed by atoms with Crippen LogP contribution in [0.2, 0.25) is 0 Å². The second-order valence-corrected chi connectivity index (χ2v) is 5.78. The van der Waals surface area contributed by atoms with Gasteiger partial charge in [0, 0.05) is 11.6 Å². The summed E-state index contributed by atoms with van der Waals surface area (Å²) in [5.74, 6) is -1.55. The van der Waals surface area contributed by atoms with Crippen molar-refractivity contribution in [1.29, 1.82) is 0 Å². The van der Waals surface area contributed by atoms with Gasteiger partial charge in [0.05, 0.1) is 11.2 Å². The van der Waals surface area contributed by atoms with Gasteiger partial charge in [-0.1, -0.05) is 0 Å². The Bertz CT molecular complexity index is 539. The fourth-order valence-corrected chi connectivity index (χ4v) is 1.79. The molecule has 108 valence electrons. The Morgan fingerprint density at radius 2 is 1.65 bits per heavy atom. The predicted molar refractivity (Wildman–Crippen MR) is 71.5 cm³/mol. The quantitative estimate of drug-likeness (QED) is 0.767. The molecule has 2 rings (SSSR count). The van der Waals surface area contributed by atoms with Crippen molar-refractivity contribution in [2.45, 2.75) is 38.9 Å². The Balaban J connectivity index is 2.24. The SMILES string of the molecule is CC1(C)OB(C(F)=Cc2ccc(F)cc2F)OC1(C)C. The molecule has 1 aromatic rings. The van der Waals surface area contributed by atoms with E-state index in [1.165, 1.54) is 0 Å². The molecule has 0 atom stereocenters. The molecule has 2 nitrogen and oxygen atoms in total. The highest BCUT2D eigenvalue weighted by atomic mass is 19.1. The van der Waals surface area contributed by atoms with Crippen LogP contribution in [0.5, 0.6) is 0 Å². The normalized spacial score (nSPS) is 21.4. The lowest BCUT2D eigenvalue weighted by molar-refractivity contribution is 0.00578. The van der Waals surface area contributed by atoms with Gasteiger partial charge in [-0.15, -0.1) is 0 Å². The summed E-state index contributed by atoms with van der Waals surface area (Å²) in [6, 6.07) is 2.92. The summed E-state index contributed by atoms with van der Waals surface area (Å²) in [4.78, 5) is 0. The number of hydrogen-bond acceptors (Lipinski definition) is 2. The van der Waals surface area contributed by atoms with E-state index < -0.39 is 35.7 Å². The molecule has 0 unspecified atom stereocenters. The fraction of sp³-hybridized carbons (Fsp3) is 0.429. The van der Waals surface area contributed by atoms with E-state index in [0.717, 1.165) is 18.2 Å². The van der Waals surface area contributed by atoms with Crippen molar-refractivity contribution in [1.82, 2.24) is 0 Å². The number of hydrogen-bond donors (Lipinski definition) is 0. The van der Waals surface area contributed by atoms with Gasteiger partial charge in [-0.05, 0) is 45.9 Å². The van der Waals surface area contributed by atoms with Gasteiger partial charge in [-0.25, -0.2) is 13.2 Å². The highest BCUT2D eigenvalue weighted by Gasteiger charge is 2.53. The molecule has 0 amide bonds. The first-order valence-corrected chi connectivity index (χ1v) is 6.30. The van der Waals surface area contributed by atoms with Gasteiger partial charge < -0.3 is 9.31 Å². The third-order valence-corrected chi connectivity index (χ3v) is 3.73. The minimum Gasteiger partial charge on any atom is -0.398 e. The Kier molecular flexibility index (Phi) is 3.73. The molecule has 1 aliphatic heterocycles. The van der Waals surface area contributed by atoms with Crippen LogP contribution < -0.4 is 0 Å². The molecule has 0 N–H and O–H groups in total. The summed E-state index contributed by atoms with van der Waals surface area (Å²) >= 11 is 0. The first kappa shape index (κ1) is 15.1. The second-order valence-electron chi connectivity index (χ2n) is 5.78. The Hall–Kier alpha value is -1.27. The maximum Gasteiger partial charge on any atom is 0.525 e. The molecule has 0 spiro atoms. The average Bonchev–Trinajstić information content (AvgIpc) is 2.52. The van der Waals surface area contributed by atoms with Crippen LogP contribution in [-0.4, -0.2) is 18.3 Å². The van der Waals surface area contributed by atoms with Crippen LogP contribution in [0.15, 0.2) is 23.9 Å². The largest absolute Gasteiger partial charge is 0.525 e. The zero-order valence-corrected chi connectivity index (χ0v) is 11.8. The van der Waals surface area contributed by atoms with Crippen LogP contribution in [0.3, 0.4) is 0 Å². The maximum atomic E-state index is 14.1. The van der Waals surface area contributed by atoms with Gasteiger partial charge in [-0.2, -0.15) is 0 Å². The van der Waals surface area contributed by atoms with Gasteiger partial charge in [0.2, 0.25) is 0 Å². The van der Waals surface area contributed by atoms with Crippen molar-refractivity contribution < 1.29 is 22.5 Å². The minimum atomic E-state index is -1.19. The van der Waals surface area contributed by atoms with E-state index in [1.807, 2.05) is 0 Å². The molecule has 0 aromatic heterocycles. The van der Waals surface area contributed by atoms with Crippen LogP contribution in [0.4, 0.5) is 13.2 Å². The summed E-state index contributed by atoms with van der Waals surface area (Å²) in [6.45, 7) is 7.16. The van der Waals surface area contributed by atoms with Crippen molar-refractivity contribution in [3.63, 3.8) is 0 Å². The molecule has 0 bridgehead atoms. The standard InChI is InChI=1S/C14H16BF3O2/c1-13(2)14(3,4)20-15(19-13)12(18)7-9-5-6-10(16)8-11(9)17/h5-8H,1-4H3. The van der Waals surface area contributed by atoms with E-state index >= 15 is 0 Å². The van der Waals surface area contributed by atoms with Crippen molar-refractivity contribution in [3.8, 4) is 0 Å². The molecular formula is C14H16BF3O2. The van der Waals surface area contributed by atoms with Crippen LogP contribution in [-0.2, 0) is 9.31 Å². The van der Waals surface area contributed by atoms with Crippen LogP contribution in [0.25, 0.3) is 6.08 Å². The zero-order valence-electron chi connectivity index (χ0n) is 11.8. The monoisotopic (exact) mass is 284 g/mol. The Morgan fingerprint density at radius 3 is 2.15 bits per heavy atom. The first-order valence-electron chi connectivity index (χ1n) is 6.30. The van der Waals surface area contributed by atoms with Crippen LogP contribution >= 0.6 is 0 Å². The van der Waals surface area contributed by atoms with E-state index in [2.05, 4.69) is 0 Å². The number of rotatable bonds is 2.